The molecular weight excluding hydrogens is 200 g/mol. The number of allylic oxidation sites excluding steroid dienone is 1. The molecule has 1 aromatic carbocycles. The summed E-state index contributed by atoms with van der Waals surface area (Å²) < 4.78 is 0. The summed E-state index contributed by atoms with van der Waals surface area (Å²) in [6.45, 7) is 8.45. The van der Waals surface area contributed by atoms with Crippen LogP contribution in [0.3, 0.4) is 0 Å². The zero-order valence-corrected chi connectivity index (χ0v) is 10.3. The van der Waals surface area contributed by atoms with Gasteiger partial charge in [0.2, 0.25) is 0 Å². The minimum absolute atomic E-state index is 1.12. The van der Waals surface area contributed by atoms with Gasteiger partial charge in [-0.1, -0.05) is 67.6 Å². The summed E-state index contributed by atoms with van der Waals surface area (Å²) in [4.78, 5) is 1.12. The van der Waals surface area contributed by atoms with Crippen molar-refractivity contribution in [1.82, 2.24) is 0 Å². The molecule has 0 aromatic heterocycles. The minimum atomic E-state index is 1.12. The van der Waals surface area contributed by atoms with E-state index in [4.69, 9.17) is 0 Å². The van der Waals surface area contributed by atoms with Crippen LogP contribution in [0.2, 0.25) is 0 Å². The summed E-state index contributed by atoms with van der Waals surface area (Å²) in [5, 5.41) is 2.21. The van der Waals surface area contributed by atoms with E-state index >= 15 is 0 Å². The average molecular weight is 218 g/mol. The molecule has 0 amide bonds. The quantitative estimate of drug-likeness (QED) is 0.663. The van der Waals surface area contributed by atoms with Crippen LogP contribution in [-0.4, -0.2) is 0 Å². The van der Waals surface area contributed by atoms with Crippen LogP contribution in [0.4, 0.5) is 0 Å². The maximum Gasteiger partial charge on any atom is 0.0116 e. The summed E-state index contributed by atoms with van der Waals surface area (Å²) in [6, 6.07) is 10.3. The van der Waals surface area contributed by atoms with Crippen molar-refractivity contribution in [2.75, 3.05) is 0 Å². The zero-order valence-electron chi connectivity index (χ0n) is 9.49. The topological polar surface area (TPSA) is 0 Å². The molecule has 0 fully saturated rings. The largest absolute Gasteiger partial charge is 0.0981 e. The van der Waals surface area contributed by atoms with E-state index in [1.165, 1.54) is 24.0 Å². The normalized spacial score (nSPS) is 11.5. The summed E-state index contributed by atoms with van der Waals surface area (Å²) >= 11 is 1.72. The van der Waals surface area contributed by atoms with Crippen LogP contribution in [-0.2, 0) is 0 Å². The fourth-order valence-corrected chi connectivity index (χ4v) is 2.05. The Labute approximate surface area is 97.1 Å². The zero-order chi connectivity index (χ0) is 11.1. The van der Waals surface area contributed by atoms with Gasteiger partial charge in [-0.05, 0) is 24.3 Å². The Morgan fingerprint density at radius 1 is 1.33 bits per heavy atom. The van der Waals surface area contributed by atoms with E-state index in [0.717, 1.165) is 4.91 Å². The molecule has 0 heterocycles. The van der Waals surface area contributed by atoms with Gasteiger partial charge in [0.1, 0.15) is 0 Å². The van der Waals surface area contributed by atoms with E-state index in [2.05, 4.69) is 38.0 Å². The lowest BCUT2D eigenvalue weighted by Gasteiger charge is -2.03. The van der Waals surface area contributed by atoms with Crippen LogP contribution in [0.25, 0.3) is 4.91 Å². The van der Waals surface area contributed by atoms with Gasteiger partial charge in [0.15, 0.2) is 0 Å². The SMILES string of the molecule is C=C(S/C=C(/C)CCC)c1ccccc1. The Morgan fingerprint density at radius 2 is 2.00 bits per heavy atom. The van der Waals surface area contributed by atoms with E-state index in [-0.39, 0.29) is 0 Å². The van der Waals surface area contributed by atoms with Gasteiger partial charge in [-0.3, -0.25) is 0 Å². The van der Waals surface area contributed by atoms with Crippen LogP contribution in [0.1, 0.15) is 32.3 Å². The van der Waals surface area contributed by atoms with Crippen molar-refractivity contribution in [2.24, 2.45) is 0 Å². The standard InChI is InChI=1S/C14H18S/c1-4-8-12(2)11-15-13(3)14-9-6-5-7-10-14/h5-7,9-11H,3-4,8H2,1-2H3/b12-11-. The molecule has 15 heavy (non-hydrogen) atoms. The minimum Gasteiger partial charge on any atom is -0.0981 e. The molecule has 0 aliphatic rings. The Morgan fingerprint density at radius 3 is 2.60 bits per heavy atom. The number of hydrogen-bond acceptors (Lipinski definition) is 1. The molecule has 0 saturated heterocycles. The second-order valence-corrected chi connectivity index (χ2v) is 4.59. The first-order chi connectivity index (χ1) is 7.24. The van der Waals surface area contributed by atoms with E-state index in [9.17, 15) is 0 Å². The van der Waals surface area contributed by atoms with E-state index in [0.29, 0.717) is 0 Å². The molecule has 0 unspecified atom stereocenters. The molecule has 1 rings (SSSR count). The smallest absolute Gasteiger partial charge is 0.0116 e. The van der Waals surface area contributed by atoms with Crippen molar-refractivity contribution in [3.05, 3.63) is 53.5 Å². The monoisotopic (exact) mass is 218 g/mol. The van der Waals surface area contributed by atoms with Crippen molar-refractivity contribution >= 4 is 16.7 Å². The van der Waals surface area contributed by atoms with E-state index in [1.54, 1.807) is 11.8 Å². The highest BCUT2D eigenvalue weighted by Crippen LogP contribution is 2.27. The van der Waals surface area contributed by atoms with Crippen molar-refractivity contribution in [2.45, 2.75) is 26.7 Å². The van der Waals surface area contributed by atoms with Gasteiger partial charge in [0.25, 0.3) is 0 Å². The van der Waals surface area contributed by atoms with Crippen molar-refractivity contribution in [3.8, 4) is 0 Å². The maximum absolute atomic E-state index is 4.08. The fourth-order valence-electron chi connectivity index (χ4n) is 1.32. The predicted molar refractivity (Wildman–Crippen MR) is 71.7 cm³/mol. The Kier molecular flexibility index (Phi) is 5.27. The molecule has 0 saturated carbocycles. The van der Waals surface area contributed by atoms with Crippen LogP contribution >= 0.6 is 11.8 Å². The van der Waals surface area contributed by atoms with E-state index in [1.807, 2.05) is 18.2 Å². The van der Waals surface area contributed by atoms with Crippen LogP contribution < -0.4 is 0 Å². The predicted octanol–water partition coefficient (Wildman–Crippen LogP) is 5.09. The molecule has 80 valence electrons. The molecule has 1 aromatic rings. The molecule has 0 bridgehead atoms. The molecule has 0 aliphatic carbocycles. The third-order valence-electron chi connectivity index (χ3n) is 2.14. The lowest BCUT2D eigenvalue weighted by atomic mass is 10.2. The van der Waals surface area contributed by atoms with Crippen LogP contribution in [0.5, 0.6) is 0 Å². The number of thioether (sulfide) groups is 1. The average Bonchev–Trinajstić information content (AvgIpc) is 2.27. The van der Waals surface area contributed by atoms with Gasteiger partial charge >= 0.3 is 0 Å². The number of benzene rings is 1. The molecule has 1 heteroatoms. The lowest BCUT2D eigenvalue weighted by Crippen LogP contribution is -1.76. The Hall–Kier alpha value is -0.950. The number of rotatable bonds is 5. The third-order valence-corrected chi connectivity index (χ3v) is 3.18. The van der Waals surface area contributed by atoms with E-state index < -0.39 is 0 Å². The highest BCUT2D eigenvalue weighted by Gasteiger charge is 1.96. The molecule has 0 nitrogen and oxygen atoms in total. The van der Waals surface area contributed by atoms with Crippen LogP contribution in [0.15, 0.2) is 47.9 Å². The molecule has 0 spiro atoms. The number of hydrogen-bond donors (Lipinski definition) is 0. The second kappa shape index (κ2) is 6.52. The van der Waals surface area contributed by atoms with Crippen molar-refractivity contribution in [1.29, 1.82) is 0 Å². The second-order valence-electron chi connectivity index (χ2n) is 3.62. The summed E-state index contributed by atoms with van der Waals surface area (Å²) in [5.74, 6) is 0. The lowest BCUT2D eigenvalue weighted by molar-refractivity contribution is 0.908. The Bertz CT molecular complexity index is 336. The van der Waals surface area contributed by atoms with Gasteiger partial charge in [-0.15, -0.1) is 0 Å². The highest BCUT2D eigenvalue weighted by molar-refractivity contribution is 8.10. The first-order valence-corrected chi connectivity index (χ1v) is 6.18. The summed E-state index contributed by atoms with van der Waals surface area (Å²) in [5.41, 5.74) is 2.64. The summed E-state index contributed by atoms with van der Waals surface area (Å²) in [7, 11) is 0. The third kappa shape index (κ3) is 4.39. The first-order valence-electron chi connectivity index (χ1n) is 5.30. The van der Waals surface area contributed by atoms with Gasteiger partial charge in [-0.25, -0.2) is 0 Å². The van der Waals surface area contributed by atoms with Crippen molar-refractivity contribution < 1.29 is 0 Å². The van der Waals surface area contributed by atoms with Crippen LogP contribution in [0, 0.1) is 0 Å². The van der Waals surface area contributed by atoms with Gasteiger partial charge in [0, 0.05) is 4.91 Å². The fraction of sp³-hybridized carbons (Fsp3) is 0.286. The first kappa shape index (κ1) is 12.1. The van der Waals surface area contributed by atoms with Gasteiger partial charge in [-0.2, -0.15) is 0 Å². The molecule has 0 atom stereocenters. The van der Waals surface area contributed by atoms with Gasteiger partial charge in [0.05, 0.1) is 0 Å². The molecule has 0 N–H and O–H groups in total. The molecular formula is C14H18S. The van der Waals surface area contributed by atoms with Gasteiger partial charge < -0.3 is 0 Å². The highest BCUT2D eigenvalue weighted by atomic mass is 32.2. The maximum atomic E-state index is 4.08. The Balaban J connectivity index is 2.54. The molecule has 0 aliphatic heterocycles. The van der Waals surface area contributed by atoms with Crippen molar-refractivity contribution in [3.63, 3.8) is 0 Å². The summed E-state index contributed by atoms with van der Waals surface area (Å²) in [6.07, 6.45) is 2.38. The molecule has 0 radical (unpaired) electrons.